The van der Waals surface area contributed by atoms with Crippen molar-refractivity contribution >= 4 is 23.3 Å². The molecule has 0 spiro atoms. The number of carboxylic acids is 1. The summed E-state index contributed by atoms with van der Waals surface area (Å²) in [4.78, 5) is 23.9. The lowest BCUT2D eigenvalue weighted by molar-refractivity contribution is -0.135. The van der Waals surface area contributed by atoms with Gasteiger partial charge in [0.05, 0.1) is 11.4 Å². The van der Waals surface area contributed by atoms with Gasteiger partial charge in [0.2, 0.25) is 5.91 Å². The fourth-order valence-electron chi connectivity index (χ4n) is 1.75. The molecular weight excluding hydrogens is 246 g/mol. The number of nitrogens with two attached hydrogens (primary N) is 1. The third kappa shape index (κ3) is 4.87. The predicted octanol–water partition coefficient (Wildman–Crippen LogP) is 0.686. The molecule has 0 aliphatic rings. The van der Waals surface area contributed by atoms with Crippen molar-refractivity contribution in [3.05, 3.63) is 24.3 Å². The smallest absolute Gasteiger partial charge is 0.323 e. The zero-order valence-corrected chi connectivity index (χ0v) is 10.9. The summed E-state index contributed by atoms with van der Waals surface area (Å²) in [5.41, 5.74) is 6.96. The molecule has 0 heterocycles. The number of carbonyl (C=O) groups is 2. The first-order chi connectivity index (χ1) is 9.04. The van der Waals surface area contributed by atoms with E-state index in [1.165, 1.54) is 0 Å². The molecule has 1 rings (SSSR count). The maximum Gasteiger partial charge on any atom is 0.323 e. The maximum atomic E-state index is 11.4. The van der Waals surface area contributed by atoms with Gasteiger partial charge in [-0.15, -0.1) is 0 Å². The van der Waals surface area contributed by atoms with Crippen LogP contribution in [0.5, 0.6) is 0 Å². The molecule has 1 aromatic rings. The fourth-order valence-corrected chi connectivity index (χ4v) is 1.75. The molecule has 0 radical (unpaired) electrons. The Labute approximate surface area is 112 Å². The number of benzene rings is 1. The van der Waals surface area contributed by atoms with Crippen LogP contribution < -0.4 is 16.0 Å². The van der Waals surface area contributed by atoms with Crippen molar-refractivity contribution in [3.8, 4) is 0 Å². The van der Waals surface area contributed by atoms with Crippen LogP contribution in [0.3, 0.4) is 0 Å². The van der Waals surface area contributed by atoms with Gasteiger partial charge in [0.25, 0.3) is 0 Å². The van der Waals surface area contributed by atoms with Crippen LogP contribution >= 0.6 is 0 Å². The summed E-state index contributed by atoms with van der Waals surface area (Å²) in [6.07, 6.45) is 0.232. The van der Waals surface area contributed by atoms with Crippen molar-refractivity contribution < 1.29 is 14.7 Å². The lowest BCUT2D eigenvalue weighted by atomic mass is 10.2. The minimum absolute atomic E-state index is 0.104. The highest BCUT2D eigenvalue weighted by Gasteiger charge is 2.14. The second kappa shape index (κ2) is 7.25. The van der Waals surface area contributed by atoms with Crippen LogP contribution in [0.2, 0.25) is 0 Å². The number of nitrogens with one attached hydrogen (secondary N) is 1. The third-order valence-electron chi connectivity index (χ3n) is 2.59. The molecule has 6 heteroatoms. The summed E-state index contributed by atoms with van der Waals surface area (Å²) in [5, 5.41) is 11.6. The number of hydrogen-bond acceptors (Lipinski definition) is 4. The van der Waals surface area contributed by atoms with E-state index in [1.807, 2.05) is 6.92 Å². The van der Waals surface area contributed by atoms with Gasteiger partial charge in [-0.25, -0.2) is 0 Å². The van der Waals surface area contributed by atoms with Gasteiger partial charge in [-0.2, -0.15) is 0 Å². The van der Waals surface area contributed by atoms with Crippen LogP contribution in [0.15, 0.2) is 24.3 Å². The molecule has 19 heavy (non-hydrogen) atoms. The fraction of sp³-hybridized carbons (Fsp3) is 0.385. The summed E-state index contributed by atoms with van der Waals surface area (Å²) in [6, 6.07) is 7.01. The van der Waals surface area contributed by atoms with Gasteiger partial charge >= 0.3 is 5.97 Å². The third-order valence-corrected chi connectivity index (χ3v) is 2.59. The Morgan fingerprint density at radius 3 is 2.63 bits per heavy atom. The van der Waals surface area contributed by atoms with Gasteiger partial charge in [-0.05, 0) is 19.1 Å². The Hall–Kier alpha value is -2.24. The van der Waals surface area contributed by atoms with Crippen LogP contribution in [0.4, 0.5) is 11.4 Å². The van der Waals surface area contributed by atoms with Gasteiger partial charge in [0.15, 0.2) is 0 Å². The van der Waals surface area contributed by atoms with Crippen molar-refractivity contribution in [1.29, 1.82) is 0 Å². The number of anilines is 2. The maximum absolute atomic E-state index is 11.4. The van der Waals surface area contributed by atoms with E-state index in [2.05, 4.69) is 5.32 Å². The number of rotatable bonds is 7. The van der Waals surface area contributed by atoms with Crippen molar-refractivity contribution in [2.45, 2.75) is 13.3 Å². The number of para-hydroxylation sites is 2. The summed E-state index contributed by atoms with van der Waals surface area (Å²) in [7, 11) is 0. The second-order valence-electron chi connectivity index (χ2n) is 4.08. The van der Waals surface area contributed by atoms with E-state index in [0.717, 1.165) is 0 Å². The molecule has 0 aliphatic heterocycles. The topological polar surface area (TPSA) is 95.7 Å². The van der Waals surface area contributed by atoms with E-state index < -0.39 is 5.97 Å². The van der Waals surface area contributed by atoms with Crippen molar-refractivity contribution in [1.82, 2.24) is 5.32 Å². The molecule has 4 N–H and O–H groups in total. The zero-order valence-electron chi connectivity index (χ0n) is 10.9. The number of carbonyl (C=O) groups excluding carboxylic acids is 1. The molecule has 0 fully saturated rings. The monoisotopic (exact) mass is 265 g/mol. The molecule has 0 unspecified atom stereocenters. The molecule has 0 bridgehead atoms. The quantitative estimate of drug-likeness (QED) is 0.630. The summed E-state index contributed by atoms with van der Waals surface area (Å²) < 4.78 is 0. The van der Waals surface area contributed by atoms with E-state index in [-0.39, 0.29) is 18.9 Å². The van der Waals surface area contributed by atoms with Crippen molar-refractivity contribution in [3.63, 3.8) is 0 Å². The molecule has 1 aromatic carbocycles. The lowest BCUT2D eigenvalue weighted by Crippen LogP contribution is -2.34. The zero-order chi connectivity index (χ0) is 14.3. The summed E-state index contributed by atoms with van der Waals surface area (Å²) >= 11 is 0. The first-order valence-electron chi connectivity index (χ1n) is 6.12. The average Bonchev–Trinajstić information content (AvgIpc) is 2.35. The Kier molecular flexibility index (Phi) is 5.66. The number of nitrogen functional groups attached to an aromatic ring is 1. The highest BCUT2D eigenvalue weighted by molar-refractivity contribution is 5.79. The molecule has 6 nitrogen and oxygen atoms in total. The molecule has 0 saturated carbocycles. The molecule has 0 aliphatic carbocycles. The molecule has 0 saturated heterocycles. The molecule has 0 atom stereocenters. The Bertz CT molecular complexity index is 449. The minimum atomic E-state index is -0.959. The highest BCUT2D eigenvalue weighted by atomic mass is 16.4. The van der Waals surface area contributed by atoms with Gasteiger partial charge in [-0.1, -0.05) is 12.1 Å². The lowest BCUT2D eigenvalue weighted by Gasteiger charge is -2.24. The first-order valence-corrected chi connectivity index (χ1v) is 6.12. The van der Waals surface area contributed by atoms with Crippen molar-refractivity contribution in [2.75, 3.05) is 30.3 Å². The summed E-state index contributed by atoms with van der Waals surface area (Å²) in [5.74, 6) is -1.06. The van der Waals surface area contributed by atoms with Gasteiger partial charge in [-0.3, -0.25) is 9.59 Å². The first kappa shape index (κ1) is 14.8. The Balaban J connectivity index is 2.75. The van der Waals surface area contributed by atoms with Crippen molar-refractivity contribution in [2.24, 2.45) is 0 Å². The van der Waals surface area contributed by atoms with Crippen LogP contribution in [-0.4, -0.2) is 36.6 Å². The number of amides is 1. The van der Waals surface area contributed by atoms with Crippen LogP contribution in [0.1, 0.15) is 13.3 Å². The predicted molar refractivity (Wildman–Crippen MR) is 74.0 cm³/mol. The number of nitrogens with zero attached hydrogens (tertiary/aromatic N) is 1. The van der Waals surface area contributed by atoms with E-state index >= 15 is 0 Å². The van der Waals surface area contributed by atoms with E-state index in [1.54, 1.807) is 29.2 Å². The second-order valence-corrected chi connectivity index (χ2v) is 4.08. The Morgan fingerprint density at radius 1 is 1.37 bits per heavy atom. The van der Waals surface area contributed by atoms with Crippen LogP contribution in [0.25, 0.3) is 0 Å². The normalized spacial score (nSPS) is 9.95. The average molecular weight is 265 g/mol. The van der Waals surface area contributed by atoms with E-state index in [4.69, 9.17) is 10.8 Å². The van der Waals surface area contributed by atoms with Crippen LogP contribution in [-0.2, 0) is 9.59 Å². The standard InChI is InChI=1S/C13H19N3O3/c1-2-15-12(17)7-8-16(9-13(18)19)11-6-4-3-5-10(11)14/h3-6H,2,7-9,14H2,1H3,(H,15,17)(H,18,19). The highest BCUT2D eigenvalue weighted by Crippen LogP contribution is 2.22. The largest absolute Gasteiger partial charge is 0.480 e. The summed E-state index contributed by atoms with van der Waals surface area (Å²) in [6.45, 7) is 2.52. The van der Waals surface area contributed by atoms with Crippen LogP contribution in [0, 0.1) is 0 Å². The minimum Gasteiger partial charge on any atom is -0.480 e. The molecule has 0 aromatic heterocycles. The van der Waals surface area contributed by atoms with Gasteiger partial charge in [0.1, 0.15) is 6.54 Å². The van der Waals surface area contributed by atoms with E-state index in [9.17, 15) is 9.59 Å². The molecular formula is C13H19N3O3. The number of carboxylic acid groups (broad SMARTS) is 1. The molecule has 104 valence electrons. The molecule has 1 amide bonds. The number of hydrogen-bond donors (Lipinski definition) is 3. The van der Waals surface area contributed by atoms with Gasteiger partial charge in [0, 0.05) is 19.5 Å². The van der Waals surface area contributed by atoms with Gasteiger partial charge < -0.3 is 21.1 Å². The van der Waals surface area contributed by atoms with E-state index in [0.29, 0.717) is 24.5 Å². The Morgan fingerprint density at radius 2 is 2.05 bits per heavy atom. The number of aliphatic carboxylic acids is 1. The SMILES string of the molecule is CCNC(=O)CCN(CC(=O)O)c1ccccc1N.